The van der Waals surface area contributed by atoms with Gasteiger partial charge in [-0.15, -0.1) is 5.10 Å². The lowest BCUT2D eigenvalue weighted by Crippen LogP contribution is -2.26. The Kier molecular flexibility index (Phi) is 6.17. The Morgan fingerprint density at radius 3 is 2.03 bits per heavy atom. The van der Waals surface area contributed by atoms with E-state index in [9.17, 15) is 4.79 Å². The second-order valence-electron chi connectivity index (χ2n) is 6.72. The van der Waals surface area contributed by atoms with Crippen molar-refractivity contribution in [2.45, 2.75) is 13.2 Å². The van der Waals surface area contributed by atoms with Gasteiger partial charge >= 0.3 is 0 Å². The number of nitrogens with zero attached hydrogens (tertiary/aromatic N) is 2. The maximum atomic E-state index is 13.2. The first kappa shape index (κ1) is 20.2. The van der Waals surface area contributed by atoms with Gasteiger partial charge in [-0.25, -0.2) is 4.68 Å². The van der Waals surface area contributed by atoms with Gasteiger partial charge in [-0.05, 0) is 28.8 Å². The third-order valence-electron chi connectivity index (χ3n) is 4.59. The molecule has 0 aliphatic heterocycles. The van der Waals surface area contributed by atoms with Crippen molar-refractivity contribution < 1.29 is 4.74 Å². The first-order valence-corrected chi connectivity index (χ1v) is 10.1. The molecule has 0 saturated carbocycles. The Balaban J connectivity index is 1.78. The minimum Gasteiger partial charge on any atom is -0.471 e. The van der Waals surface area contributed by atoms with Gasteiger partial charge in [-0.3, -0.25) is 4.79 Å². The molecule has 4 aromatic rings. The zero-order valence-electron chi connectivity index (χ0n) is 16.0. The second-order valence-corrected chi connectivity index (χ2v) is 7.54. The summed E-state index contributed by atoms with van der Waals surface area (Å²) in [5.41, 5.74) is 2.62. The number of hydrogen-bond acceptors (Lipinski definition) is 3. The molecule has 4 rings (SSSR count). The van der Waals surface area contributed by atoms with Gasteiger partial charge in [0.05, 0.1) is 12.1 Å². The zero-order valence-corrected chi connectivity index (χ0v) is 17.5. The molecule has 0 aliphatic rings. The number of hydrogen-bond donors (Lipinski definition) is 0. The standard InChI is InChI=1S/C24H18Cl2N2O2/c25-20-13-11-19(12-14-20)21-22(26)23(30-16-18-9-5-2-6-10-18)27-28(24(21)29)15-17-7-3-1-4-8-17/h1-14H,15-16H2. The molecule has 0 radical (unpaired) electrons. The van der Waals surface area contributed by atoms with Crippen LogP contribution in [0.5, 0.6) is 5.88 Å². The quantitative estimate of drug-likeness (QED) is 0.381. The Bertz CT molecular complexity index is 1190. The van der Waals surface area contributed by atoms with Gasteiger partial charge in [0.2, 0.25) is 0 Å². The van der Waals surface area contributed by atoms with E-state index in [4.69, 9.17) is 27.9 Å². The summed E-state index contributed by atoms with van der Waals surface area (Å²) < 4.78 is 7.29. The van der Waals surface area contributed by atoms with Crippen LogP contribution < -0.4 is 10.3 Å². The van der Waals surface area contributed by atoms with E-state index in [1.807, 2.05) is 60.7 Å². The SMILES string of the molecule is O=c1c(-c2ccc(Cl)cc2)c(Cl)c(OCc2ccccc2)nn1Cc1ccccc1. The van der Waals surface area contributed by atoms with Crippen molar-refractivity contribution in [3.05, 3.63) is 116 Å². The highest BCUT2D eigenvalue weighted by Crippen LogP contribution is 2.32. The van der Waals surface area contributed by atoms with Gasteiger partial charge < -0.3 is 4.74 Å². The molecular weight excluding hydrogens is 419 g/mol. The third-order valence-corrected chi connectivity index (χ3v) is 5.20. The Morgan fingerprint density at radius 2 is 1.40 bits per heavy atom. The Morgan fingerprint density at radius 1 is 0.800 bits per heavy atom. The lowest BCUT2D eigenvalue weighted by Gasteiger charge is -2.14. The molecule has 3 aromatic carbocycles. The highest BCUT2D eigenvalue weighted by Gasteiger charge is 2.19. The maximum Gasteiger partial charge on any atom is 0.276 e. The van der Waals surface area contributed by atoms with Crippen LogP contribution in [0.15, 0.2) is 89.7 Å². The molecule has 4 nitrogen and oxygen atoms in total. The van der Waals surface area contributed by atoms with Crippen molar-refractivity contribution >= 4 is 23.2 Å². The molecular formula is C24H18Cl2N2O2. The molecule has 150 valence electrons. The summed E-state index contributed by atoms with van der Waals surface area (Å²) in [6.45, 7) is 0.594. The Hall–Kier alpha value is -3.08. The van der Waals surface area contributed by atoms with Crippen LogP contribution in [0.3, 0.4) is 0 Å². The summed E-state index contributed by atoms with van der Waals surface area (Å²) in [5.74, 6) is 0.209. The average Bonchev–Trinajstić information content (AvgIpc) is 2.78. The fourth-order valence-electron chi connectivity index (χ4n) is 3.08. The third kappa shape index (κ3) is 4.56. The molecule has 0 saturated heterocycles. The van der Waals surface area contributed by atoms with E-state index in [-0.39, 0.29) is 23.1 Å². The summed E-state index contributed by atoms with van der Waals surface area (Å²) in [4.78, 5) is 13.2. The van der Waals surface area contributed by atoms with Crippen molar-refractivity contribution in [2.24, 2.45) is 0 Å². The van der Waals surface area contributed by atoms with Crippen LogP contribution in [0.25, 0.3) is 11.1 Å². The lowest BCUT2D eigenvalue weighted by atomic mass is 10.1. The summed E-state index contributed by atoms with van der Waals surface area (Å²) >= 11 is 12.6. The zero-order chi connectivity index (χ0) is 20.9. The van der Waals surface area contributed by atoms with Gasteiger partial charge in [0.15, 0.2) is 0 Å². The minimum atomic E-state index is -0.293. The molecule has 30 heavy (non-hydrogen) atoms. The number of halogens is 2. The van der Waals surface area contributed by atoms with Crippen LogP contribution in [0.2, 0.25) is 10.0 Å². The number of benzene rings is 3. The first-order chi connectivity index (χ1) is 14.6. The number of rotatable bonds is 6. The number of aromatic nitrogens is 2. The molecule has 0 spiro atoms. The Labute approximate surface area is 184 Å². The van der Waals surface area contributed by atoms with Crippen LogP contribution in [-0.2, 0) is 13.2 Å². The van der Waals surface area contributed by atoms with Crippen LogP contribution in [0.1, 0.15) is 11.1 Å². The molecule has 0 aliphatic carbocycles. The first-order valence-electron chi connectivity index (χ1n) is 9.39. The molecule has 0 fully saturated rings. The summed E-state index contributed by atoms with van der Waals surface area (Å²) in [6, 6.07) is 26.3. The normalized spacial score (nSPS) is 10.7. The highest BCUT2D eigenvalue weighted by molar-refractivity contribution is 6.34. The van der Waals surface area contributed by atoms with E-state index in [1.54, 1.807) is 24.3 Å². The van der Waals surface area contributed by atoms with Crippen molar-refractivity contribution in [3.8, 4) is 17.0 Å². The molecule has 6 heteroatoms. The van der Waals surface area contributed by atoms with Crippen LogP contribution >= 0.6 is 23.2 Å². The molecule has 0 N–H and O–H groups in total. The van der Waals surface area contributed by atoms with Gasteiger partial charge in [-0.1, -0.05) is 96.0 Å². The van der Waals surface area contributed by atoms with Crippen molar-refractivity contribution in [2.75, 3.05) is 0 Å². The van der Waals surface area contributed by atoms with Crippen LogP contribution in [-0.4, -0.2) is 9.78 Å². The molecule has 0 atom stereocenters. The van der Waals surface area contributed by atoms with E-state index in [1.165, 1.54) is 4.68 Å². The fraction of sp³-hybridized carbons (Fsp3) is 0.0833. The molecule has 1 heterocycles. The van der Waals surface area contributed by atoms with Crippen LogP contribution in [0.4, 0.5) is 0 Å². The van der Waals surface area contributed by atoms with Gasteiger partial charge in [0.1, 0.15) is 11.6 Å². The summed E-state index contributed by atoms with van der Waals surface area (Å²) in [5, 5.41) is 5.17. The lowest BCUT2D eigenvalue weighted by molar-refractivity contribution is 0.284. The largest absolute Gasteiger partial charge is 0.471 e. The number of ether oxygens (including phenoxy) is 1. The smallest absolute Gasteiger partial charge is 0.276 e. The highest BCUT2D eigenvalue weighted by atomic mass is 35.5. The molecule has 1 aromatic heterocycles. The van der Waals surface area contributed by atoms with Crippen molar-refractivity contribution in [1.82, 2.24) is 9.78 Å². The van der Waals surface area contributed by atoms with E-state index in [0.717, 1.165) is 11.1 Å². The average molecular weight is 437 g/mol. The van der Waals surface area contributed by atoms with Crippen molar-refractivity contribution in [3.63, 3.8) is 0 Å². The second kappa shape index (κ2) is 9.16. The van der Waals surface area contributed by atoms with E-state index >= 15 is 0 Å². The summed E-state index contributed by atoms with van der Waals surface area (Å²) in [7, 11) is 0. The summed E-state index contributed by atoms with van der Waals surface area (Å²) in [6.07, 6.45) is 0. The monoisotopic (exact) mass is 436 g/mol. The van der Waals surface area contributed by atoms with Gasteiger partial charge in [0, 0.05) is 5.02 Å². The van der Waals surface area contributed by atoms with Crippen molar-refractivity contribution in [1.29, 1.82) is 0 Å². The van der Waals surface area contributed by atoms with Gasteiger partial charge in [-0.2, -0.15) is 0 Å². The maximum absolute atomic E-state index is 13.2. The van der Waals surface area contributed by atoms with E-state index < -0.39 is 0 Å². The van der Waals surface area contributed by atoms with Crippen LogP contribution in [0, 0.1) is 0 Å². The minimum absolute atomic E-state index is 0.183. The topological polar surface area (TPSA) is 44.1 Å². The van der Waals surface area contributed by atoms with E-state index in [2.05, 4.69) is 5.10 Å². The fourth-order valence-corrected chi connectivity index (χ4v) is 3.49. The predicted octanol–water partition coefficient (Wildman–Crippen LogP) is 5.84. The van der Waals surface area contributed by atoms with Gasteiger partial charge in [0.25, 0.3) is 11.4 Å². The van der Waals surface area contributed by atoms with E-state index in [0.29, 0.717) is 22.7 Å². The molecule has 0 amide bonds. The predicted molar refractivity (Wildman–Crippen MR) is 120 cm³/mol. The molecule has 0 bridgehead atoms. The molecule has 0 unspecified atom stereocenters.